The Morgan fingerprint density at radius 1 is 1.38 bits per heavy atom. The molecule has 0 bridgehead atoms. The van der Waals surface area contributed by atoms with Gasteiger partial charge in [0.2, 0.25) is 0 Å². The van der Waals surface area contributed by atoms with Crippen LogP contribution in [0.1, 0.15) is 24.6 Å². The van der Waals surface area contributed by atoms with Crippen LogP contribution >= 0.6 is 11.6 Å². The number of nitrogens with zero attached hydrogens (tertiary/aromatic N) is 5. The second kappa shape index (κ2) is 10.7. The minimum Gasteiger partial charge on any atom is -0.491 e. The highest BCUT2D eigenvalue weighted by atomic mass is 35.5. The number of aryl methyl sites for hydroxylation is 1. The topological polar surface area (TPSA) is 143 Å². The second-order valence-electron chi connectivity index (χ2n) is 9.08. The van der Waals surface area contributed by atoms with Gasteiger partial charge in [0, 0.05) is 24.7 Å². The van der Waals surface area contributed by atoms with Gasteiger partial charge in [-0.3, -0.25) is 15.0 Å². The number of ether oxygens (including phenoxy) is 2. The molecule has 0 radical (unpaired) electrons. The van der Waals surface area contributed by atoms with Crippen molar-refractivity contribution in [2.75, 3.05) is 37.0 Å². The Balaban J connectivity index is 0.00000112. The lowest BCUT2D eigenvalue weighted by Gasteiger charge is -2.28. The number of pyridine rings is 1. The summed E-state index contributed by atoms with van der Waals surface area (Å²) >= 11 is 5.93. The van der Waals surface area contributed by atoms with E-state index in [9.17, 15) is 18.0 Å². The van der Waals surface area contributed by atoms with E-state index in [4.69, 9.17) is 31.0 Å². The number of hydrogen-bond donors (Lipinski definition) is 3. The van der Waals surface area contributed by atoms with E-state index < -0.39 is 24.2 Å². The third-order valence-electron chi connectivity index (χ3n) is 6.45. The summed E-state index contributed by atoms with van der Waals surface area (Å²) in [5.74, 6) is 0.716. The van der Waals surface area contributed by atoms with Crippen molar-refractivity contribution in [2.45, 2.75) is 38.0 Å². The number of hydrogen-bond acceptors (Lipinski definition) is 8. The van der Waals surface area contributed by atoms with Crippen molar-refractivity contribution in [3.05, 3.63) is 34.7 Å². The van der Waals surface area contributed by atoms with E-state index in [1.165, 1.54) is 19.4 Å². The van der Waals surface area contributed by atoms with Gasteiger partial charge in [-0.05, 0) is 32.9 Å². The first kappa shape index (κ1) is 28.2. The van der Waals surface area contributed by atoms with E-state index in [-0.39, 0.29) is 46.5 Å². The van der Waals surface area contributed by atoms with E-state index in [1.807, 2.05) is 0 Å². The number of alkyl halides is 3. The lowest BCUT2D eigenvalue weighted by molar-refractivity contribution is -0.181. The number of aromatic nitrogens is 4. The Kier molecular flexibility index (Phi) is 7.75. The number of anilines is 2. The molecule has 0 aromatic carbocycles. The molecule has 5 heterocycles. The number of carbonyl (C=O) groups excluding carboxylic acids is 1. The maximum atomic E-state index is 14.3. The fourth-order valence-corrected chi connectivity index (χ4v) is 4.75. The first-order valence-electron chi connectivity index (χ1n) is 11.6. The Hall–Kier alpha value is -3.85. The largest absolute Gasteiger partial charge is 0.491 e. The molecule has 210 valence electrons. The van der Waals surface area contributed by atoms with Crippen molar-refractivity contribution in [3.63, 3.8) is 0 Å². The average Bonchev–Trinajstić information content (AvgIpc) is 3.56. The molecule has 2 amide bonds. The third kappa shape index (κ3) is 5.23. The lowest BCUT2D eigenvalue weighted by Crippen LogP contribution is -2.46. The highest BCUT2D eigenvalue weighted by Gasteiger charge is 2.60. The van der Waals surface area contributed by atoms with Crippen LogP contribution in [0.15, 0.2) is 18.3 Å². The van der Waals surface area contributed by atoms with E-state index >= 15 is 0 Å². The summed E-state index contributed by atoms with van der Waals surface area (Å²) in [6, 6.07) is 2.10. The number of rotatable bonds is 4. The van der Waals surface area contributed by atoms with E-state index in [1.54, 1.807) is 13.0 Å². The van der Waals surface area contributed by atoms with Crippen molar-refractivity contribution in [1.82, 2.24) is 24.9 Å². The Bertz CT molecular complexity index is 1400. The molecule has 0 saturated carbocycles. The first-order valence-corrected chi connectivity index (χ1v) is 12.0. The Labute approximate surface area is 225 Å². The van der Waals surface area contributed by atoms with Gasteiger partial charge in [-0.15, -0.1) is 0 Å². The second-order valence-corrected chi connectivity index (χ2v) is 9.46. The number of carbonyl (C=O) groups is 2. The molecule has 0 spiro atoms. The molecule has 1 fully saturated rings. The summed E-state index contributed by atoms with van der Waals surface area (Å²) in [6.07, 6.45) is -2.81. The van der Waals surface area contributed by atoms with Gasteiger partial charge in [0.25, 0.3) is 12.4 Å². The summed E-state index contributed by atoms with van der Waals surface area (Å²) in [5.41, 5.74) is -1.88. The smallest absolute Gasteiger partial charge is 0.401 e. The molecule has 2 atom stereocenters. The number of fused-ring (bicyclic) bond motifs is 3. The van der Waals surface area contributed by atoms with Gasteiger partial charge in [-0.25, -0.2) is 14.3 Å². The van der Waals surface area contributed by atoms with E-state index in [0.29, 0.717) is 17.9 Å². The molecule has 0 aliphatic carbocycles. The Morgan fingerprint density at radius 2 is 2.10 bits per heavy atom. The van der Waals surface area contributed by atoms with Crippen LogP contribution in [0.5, 0.6) is 11.6 Å². The summed E-state index contributed by atoms with van der Waals surface area (Å²) in [7, 11) is 1.48. The average molecular weight is 572 g/mol. The van der Waals surface area contributed by atoms with Crippen molar-refractivity contribution < 1.29 is 37.3 Å². The van der Waals surface area contributed by atoms with Crippen LogP contribution in [0.25, 0.3) is 5.65 Å². The highest BCUT2D eigenvalue weighted by Crippen LogP contribution is 2.50. The summed E-state index contributed by atoms with van der Waals surface area (Å²) in [6.45, 7) is 3.29. The summed E-state index contributed by atoms with van der Waals surface area (Å²) in [5, 5.41) is 16.6. The molecule has 12 nitrogen and oxygen atoms in total. The summed E-state index contributed by atoms with van der Waals surface area (Å²) in [4.78, 5) is 31.1. The molecule has 3 aromatic heterocycles. The number of methoxy groups -OCH3 is 1. The highest BCUT2D eigenvalue weighted by molar-refractivity contribution is 6.29. The molecule has 3 aromatic rings. The quantitative estimate of drug-likeness (QED) is 0.401. The van der Waals surface area contributed by atoms with Crippen molar-refractivity contribution >= 4 is 41.3 Å². The molecule has 1 saturated heterocycles. The predicted octanol–water partition coefficient (Wildman–Crippen LogP) is 3.41. The zero-order chi connectivity index (χ0) is 28.5. The number of carboxylic acid groups (broad SMARTS) is 1. The van der Waals surface area contributed by atoms with Crippen LogP contribution in [0.4, 0.5) is 29.5 Å². The fraction of sp³-hybridized carbons (Fsp3) is 0.435. The minimum absolute atomic E-state index is 0.00812. The van der Waals surface area contributed by atoms with Crippen LogP contribution in [0.3, 0.4) is 0 Å². The van der Waals surface area contributed by atoms with Gasteiger partial charge in [0.15, 0.2) is 16.5 Å². The third-order valence-corrected chi connectivity index (χ3v) is 6.64. The van der Waals surface area contributed by atoms with Crippen molar-refractivity contribution in [3.8, 4) is 11.6 Å². The maximum Gasteiger partial charge on any atom is 0.401 e. The predicted molar refractivity (Wildman–Crippen MR) is 134 cm³/mol. The lowest BCUT2D eigenvalue weighted by atomic mass is 9.88. The minimum atomic E-state index is -4.69. The van der Waals surface area contributed by atoms with E-state index in [2.05, 4.69) is 25.7 Å². The normalized spacial score (nSPS) is 20.3. The maximum absolute atomic E-state index is 14.3. The summed E-state index contributed by atoms with van der Waals surface area (Å²) < 4.78 is 55.3. The van der Waals surface area contributed by atoms with Crippen LogP contribution in [0, 0.1) is 6.92 Å². The molecule has 3 N–H and O–H groups in total. The molecule has 16 heteroatoms. The SMILES string of the molecule is COc1c(C)cc(NC(=O)N2C[C@@](C)(C(F)(F)F)c3c2cnc2cc(Cl)nn32)nc1O[C@H]1CCNC1.O=CO. The van der Waals surface area contributed by atoms with Crippen LogP contribution in [-0.2, 0) is 10.2 Å². The van der Waals surface area contributed by atoms with Crippen molar-refractivity contribution in [2.24, 2.45) is 0 Å². The Morgan fingerprint density at radius 3 is 2.72 bits per heavy atom. The van der Waals surface area contributed by atoms with Gasteiger partial charge < -0.3 is 19.9 Å². The zero-order valence-electron chi connectivity index (χ0n) is 21.0. The van der Waals surface area contributed by atoms with Crippen LogP contribution in [-0.4, -0.2) is 76.2 Å². The van der Waals surface area contributed by atoms with Gasteiger partial charge in [0.05, 0.1) is 24.7 Å². The number of halogens is 4. The van der Waals surface area contributed by atoms with Gasteiger partial charge in [-0.2, -0.15) is 23.3 Å². The van der Waals surface area contributed by atoms with Crippen molar-refractivity contribution in [1.29, 1.82) is 0 Å². The monoisotopic (exact) mass is 571 g/mol. The first-order chi connectivity index (χ1) is 18.4. The molecule has 2 aliphatic heterocycles. The molecule has 0 unspecified atom stereocenters. The number of amides is 2. The molecular formula is C23H25ClF3N7O5. The molecule has 2 aliphatic rings. The zero-order valence-corrected chi connectivity index (χ0v) is 21.8. The molecule has 5 rings (SSSR count). The van der Waals surface area contributed by atoms with E-state index in [0.717, 1.165) is 29.3 Å². The number of urea groups is 1. The van der Waals surface area contributed by atoms with Gasteiger partial charge in [-0.1, -0.05) is 11.6 Å². The standard InChI is InChI=1S/C22H23ClF3N7O3.CH2O2/c1-11-6-15(29-19(17(11)35-3)36-12-4-5-27-8-12)30-20(34)32-10-21(2,22(24,25)26)18-13(32)9-28-16-7-14(23)31-33(16)18;2-1-3/h6-7,9,12,27H,4-5,8,10H2,1-3H3,(H,29,30,34);1H,(H,2,3)/t12-,21+;/m0./s1. The van der Waals surface area contributed by atoms with Crippen LogP contribution in [0.2, 0.25) is 5.15 Å². The molecule has 39 heavy (non-hydrogen) atoms. The van der Waals surface area contributed by atoms with Gasteiger partial charge >= 0.3 is 12.2 Å². The molecular weight excluding hydrogens is 547 g/mol. The number of nitrogens with one attached hydrogen (secondary N) is 2. The van der Waals surface area contributed by atoms with Crippen LogP contribution < -0.4 is 25.0 Å². The fourth-order valence-electron chi connectivity index (χ4n) is 4.58. The van der Waals surface area contributed by atoms with Gasteiger partial charge in [0.1, 0.15) is 17.3 Å².